The van der Waals surface area contributed by atoms with E-state index in [9.17, 15) is 14.7 Å². The summed E-state index contributed by atoms with van der Waals surface area (Å²) in [6, 6.07) is 6.82. The number of hydrogen-bond donors (Lipinski definition) is 2. The van der Waals surface area contributed by atoms with Crippen LogP contribution in [0.5, 0.6) is 0 Å². The van der Waals surface area contributed by atoms with E-state index in [0.29, 0.717) is 30.8 Å². The van der Waals surface area contributed by atoms with E-state index >= 15 is 0 Å². The van der Waals surface area contributed by atoms with Crippen LogP contribution < -0.4 is 0 Å². The number of nitrogens with zero attached hydrogens (tertiary/aromatic N) is 2. The van der Waals surface area contributed by atoms with Gasteiger partial charge in [0.2, 0.25) is 0 Å². The Balaban J connectivity index is 1.88. The number of aromatic carboxylic acids is 1. The summed E-state index contributed by atoms with van der Waals surface area (Å²) >= 11 is 0. The van der Waals surface area contributed by atoms with Crippen LogP contribution in [0.3, 0.4) is 0 Å². The molecule has 2 heterocycles. The van der Waals surface area contributed by atoms with Gasteiger partial charge in [-0.1, -0.05) is 12.1 Å². The summed E-state index contributed by atoms with van der Waals surface area (Å²) in [5, 5.41) is 15.6. The molecule has 1 aromatic heterocycles. The molecule has 0 saturated heterocycles. The molecule has 0 unspecified atom stereocenters. The molecule has 6 heteroatoms. The maximum atomic E-state index is 12.2. The van der Waals surface area contributed by atoms with Gasteiger partial charge in [-0.2, -0.15) is 5.10 Å². The second-order valence-electron chi connectivity index (χ2n) is 4.70. The van der Waals surface area contributed by atoms with E-state index in [1.807, 2.05) is 6.07 Å². The van der Waals surface area contributed by atoms with Gasteiger partial charge in [-0.15, -0.1) is 0 Å². The van der Waals surface area contributed by atoms with Crippen molar-refractivity contribution >= 4 is 11.9 Å². The van der Waals surface area contributed by atoms with Crippen molar-refractivity contribution in [1.82, 2.24) is 15.1 Å². The summed E-state index contributed by atoms with van der Waals surface area (Å²) in [7, 11) is 0. The molecule has 0 bridgehead atoms. The van der Waals surface area contributed by atoms with Gasteiger partial charge in [-0.3, -0.25) is 9.89 Å². The van der Waals surface area contributed by atoms with E-state index < -0.39 is 5.97 Å². The van der Waals surface area contributed by atoms with Gasteiger partial charge in [0.15, 0.2) is 0 Å². The largest absolute Gasteiger partial charge is 0.478 e. The molecule has 3 rings (SSSR count). The predicted molar refractivity (Wildman–Crippen MR) is 70.4 cm³/mol. The molecule has 1 aliphatic rings. The van der Waals surface area contributed by atoms with Crippen molar-refractivity contribution in [1.29, 1.82) is 0 Å². The maximum Gasteiger partial charge on any atom is 0.335 e. The van der Waals surface area contributed by atoms with Crippen molar-refractivity contribution in [2.24, 2.45) is 0 Å². The molecule has 1 aromatic carbocycles. The number of H-pyrrole nitrogens is 1. The second-order valence-corrected chi connectivity index (χ2v) is 4.70. The summed E-state index contributed by atoms with van der Waals surface area (Å²) in [5.74, 6) is -1.04. The number of nitrogens with one attached hydrogen (secondary N) is 1. The molecule has 0 fully saturated rings. The van der Waals surface area contributed by atoms with Gasteiger partial charge in [0, 0.05) is 19.3 Å². The van der Waals surface area contributed by atoms with Gasteiger partial charge >= 0.3 is 5.97 Å². The summed E-state index contributed by atoms with van der Waals surface area (Å²) in [6.45, 7) is 0.934. The van der Waals surface area contributed by atoms with Crippen LogP contribution in [0.4, 0.5) is 0 Å². The molecule has 2 aromatic rings. The van der Waals surface area contributed by atoms with Crippen LogP contribution in [0.2, 0.25) is 0 Å². The van der Waals surface area contributed by atoms with E-state index in [1.165, 1.54) is 6.20 Å². The molecular weight excluding hydrogens is 258 g/mol. The Labute approximate surface area is 115 Å². The summed E-state index contributed by atoms with van der Waals surface area (Å²) in [5.41, 5.74) is 2.50. The zero-order chi connectivity index (χ0) is 14.1. The van der Waals surface area contributed by atoms with Crippen molar-refractivity contribution in [3.05, 3.63) is 52.8 Å². The first-order valence-electron chi connectivity index (χ1n) is 6.29. The minimum atomic E-state index is -0.921. The normalized spacial score (nSPS) is 13.9. The van der Waals surface area contributed by atoms with E-state index in [4.69, 9.17) is 0 Å². The highest BCUT2D eigenvalue weighted by Crippen LogP contribution is 2.23. The lowest BCUT2D eigenvalue weighted by Gasteiger charge is -2.29. The summed E-state index contributed by atoms with van der Waals surface area (Å²) in [4.78, 5) is 25.1. The number of hydrogen-bond acceptors (Lipinski definition) is 3. The Morgan fingerprint density at radius 1 is 1.30 bits per heavy atom. The first-order chi connectivity index (χ1) is 9.66. The molecule has 1 aliphatic heterocycles. The summed E-state index contributed by atoms with van der Waals surface area (Å²) < 4.78 is 0. The zero-order valence-corrected chi connectivity index (χ0v) is 10.7. The number of carbonyl (C=O) groups excluding carboxylic acids is 1. The molecule has 0 atom stereocenters. The van der Waals surface area contributed by atoms with Gasteiger partial charge in [-0.05, 0) is 29.7 Å². The summed E-state index contributed by atoms with van der Waals surface area (Å²) in [6.07, 6.45) is 2.09. The average Bonchev–Trinajstić information content (AvgIpc) is 2.99. The van der Waals surface area contributed by atoms with Crippen LogP contribution in [0.15, 0.2) is 30.5 Å². The van der Waals surface area contributed by atoms with Crippen LogP contribution in [0, 0.1) is 0 Å². The molecule has 2 N–H and O–H groups in total. The third-order valence-electron chi connectivity index (χ3n) is 3.51. The second kappa shape index (κ2) is 4.80. The number of amides is 1. The SMILES string of the molecule is O=C(O)c1cccc2c1CCN(C(=O)c1ccn[nH]1)C2. The quantitative estimate of drug-likeness (QED) is 0.862. The lowest BCUT2D eigenvalue weighted by atomic mass is 9.94. The maximum absolute atomic E-state index is 12.2. The highest BCUT2D eigenvalue weighted by atomic mass is 16.4. The Bertz CT molecular complexity index is 664. The number of carboxylic acid groups (broad SMARTS) is 1. The van der Waals surface area contributed by atoms with E-state index in [1.54, 1.807) is 23.1 Å². The Morgan fingerprint density at radius 3 is 2.85 bits per heavy atom. The predicted octanol–water partition coefficient (Wildman–Crippen LogP) is 1.31. The fraction of sp³-hybridized carbons (Fsp3) is 0.214. The molecule has 0 saturated carbocycles. The molecule has 20 heavy (non-hydrogen) atoms. The fourth-order valence-electron chi connectivity index (χ4n) is 2.53. The highest BCUT2D eigenvalue weighted by Gasteiger charge is 2.25. The Kier molecular flexibility index (Phi) is 2.98. The smallest absolute Gasteiger partial charge is 0.335 e. The average molecular weight is 271 g/mol. The van der Waals surface area contributed by atoms with Gasteiger partial charge < -0.3 is 10.0 Å². The molecule has 1 amide bonds. The number of aromatic amines is 1. The monoisotopic (exact) mass is 271 g/mol. The topological polar surface area (TPSA) is 86.3 Å². The standard InChI is InChI=1S/C14H13N3O3/c18-13(12-4-6-15-16-12)17-7-5-10-9(8-17)2-1-3-11(10)14(19)20/h1-4,6H,5,7-8H2,(H,15,16)(H,19,20). The third-order valence-corrected chi connectivity index (χ3v) is 3.51. The number of carbonyl (C=O) groups is 2. The van der Waals surface area contributed by atoms with Gasteiger partial charge in [0.1, 0.15) is 5.69 Å². The van der Waals surface area contributed by atoms with E-state index in [2.05, 4.69) is 10.2 Å². The Morgan fingerprint density at radius 2 is 2.15 bits per heavy atom. The number of carboxylic acids is 1. The van der Waals surface area contributed by atoms with E-state index in [0.717, 1.165) is 11.1 Å². The van der Waals surface area contributed by atoms with Crippen LogP contribution in [0.1, 0.15) is 32.0 Å². The number of benzene rings is 1. The van der Waals surface area contributed by atoms with E-state index in [-0.39, 0.29) is 5.91 Å². The van der Waals surface area contributed by atoms with Gasteiger partial charge in [0.25, 0.3) is 5.91 Å². The Hall–Kier alpha value is -2.63. The number of rotatable bonds is 2. The highest BCUT2D eigenvalue weighted by molar-refractivity contribution is 5.93. The minimum Gasteiger partial charge on any atom is -0.478 e. The molecule has 0 radical (unpaired) electrons. The molecule has 0 aliphatic carbocycles. The molecule has 0 spiro atoms. The molecular formula is C14H13N3O3. The minimum absolute atomic E-state index is 0.117. The number of fused-ring (bicyclic) bond motifs is 1. The van der Waals surface area contributed by atoms with Crippen molar-refractivity contribution in [2.75, 3.05) is 6.54 Å². The number of aromatic nitrogens is 2. The van der Waals surface area contributed by atoms with Gasteiger partial charge in [0.05, 0.1) is 5.56 Å². The van der Waals surface area contributed by atoms with Crippen molar-refractivity contribution in [2.45, 2.75) is 13.0 Å². The van der Waals surface area contributed by atoms with Crippen LogP contribution in [0.25, 0.3) is 0 Å². The van der Waals surface area contributed by atoms with Crippen LogP contribution >= 0.6 is 0 Å². The van der Waals surface area contributed by atoms with Crippen molar-refractivity contribution < 1.29 is 14.7 Å². The fourth-order valence-corrected chi connectivity index (χ4v) is 2.53. The van der Waals surface area contributed by atoms with Gasteiger partial charge in [-0.25, -0.2) is 4.79 Å². The third kappa shape index (κ3) is 2.05. The van der Waals surface area contributed by atoms with Crippen LogP contribution in [-0.2, 0) is 13.0 Å². The van der Waals surface area contributed by atoms with Crippen molar-refractivity contribution in [3.63, 3.8) is 0 Å². The lowest BCUT2D eigenvalue weighted by molar-refractivity contribution is 0.0694. The molecule has 102 valence electrons. The molecule has 6 nitrogen and oxygen atoms in total. The lowest BCUT2D eigenvalue weighted by Crippen LogP contribution is -2.36. The first kappa shape index (κ1) is 12.4. The zero-order valence-electron chi connectivity index (χ0n) is 10.7. The van der Waals surface area contributed by atoms with Crippen molar-refractivity contribution in [3.8, 4) is 0 Å². The van der Waals surface area contributed by atoms with Crippen LogP contribution in [-0.4, -0.2) is 38.6 Å². The first-order valence-corrected chi connectivity index (χ1v) is 6.29.